The van der Waals surface area contributed by atoms with Crippen LogP contribution < -0.4 is 10.1 Å². The van der Waals surface area contributed by atoms with E-state index in [1.165, 1.54) is 5.56 Å². The van der Waals surface area contributed by atoms with Gasteiger partial charge in [0, 0.05) is 29.7 Å². The van der Waals surface area contributed by atoms with Crippen molar-refractivity contribution in [1.29, 1.82) is 0 Å². The predicted octanol–water partition coefficient (Wildman–Crippen LogP) is 4.75. The molecular weight excluding hydrogens is 404 g/mol. The number of likely N-dealkylation sites (N-methyl/N-ethyl adjacent to an activating group) is 1. The van der Waals surface area contributed by atoms with Crippen LogP contribution in [0.25, 0.3) is 5.69 Å². The molecule has 1 aromatic carbocycles. The van der Waals surface area contributed by atoms with E-state index < -0.39 is 0 Å². The average molecular weight is 427 g/mol. The Morgan fingerprint density at radius 3 is 2.66 bits per heavy atom. The highest BCUT2D eigenvalue weighted by Gasteiger charge is 2.39. The molecule has 3 heterocycles. The van der Waals surface area contributed by atoms with Gasteiger partial charge in [-0.25, -0.2) is 0 Å². The Balaban J connectivity index is 1.85. The second-order valence-electron chi connectivity index (χ2n) is 7.22. The molecule has 7 heteroatoms. The molecule has 2 atom stereocenters. The standard InChI is InChI=1S/C22H23ClN4OS/c1-13-11-16(14(2)27(13)18-12-15(23)8-9-19(18)28-4)21-20(25-22(29)26(21)3)17-7-5-6-10-24-17/h5-12,20-21H,1-4H3,(H,25,29)/t20-,21+/m1/s1. The molecule has 0 unspecified atom stereocenters. The fourth-order valence-electron chi connectivity index (χ4n) is 4.14. The number of methoxy groups -OCH3 is 1. The third kappa shape index (κ3) is 3.36. The number of hydrogen-bond donors (Lipinski definition) is 1. The van der Waals surface area contributed by atoms with Crippen LogP contribution >= 0.6 is 23.8 Å². The largest absolute Gasteiger partial charge is 0.495 e. The molecule has 29 heavy (non-hydrogen) atoms. The van der Waals surface area contributed by atoms with Crippen LogP contribution in [-0.4, -0.2) is 33.7 Å². The van der Waals surface area contributed by atoms with Gasteiger partial charge in [-0.3, -0.25) is 4.98 Å². The number of benzene rings is 1. The van der Waals surface area contributed by atoms with Crippen LogP contribution in [0.5, 0.6) is 5.75 Å². The minimum atomic E-state index is -0.0242. The van der Waals surface area contributed by atoms with Crippen molar-refractivity contribution in [3.05, 3.63) is 76.3 Å². The number of rotatable bonds is 4. The molecule has 4 rings (SSSR count). The van der Waals surface area contributed by atoms with Crippen LogP contribution in [0.15, 0.2) is 48.7 Å². The summed E-state index contributed by atoms with van der Waals surface area (Å²) < 4.78 is 7.78. The molecule has 1 fully saturated rings. The zero-order chi connectivity index (χ0) is 20.7. The van der Waals surface area contributed by atoms with Crippen molar-refractivity contribution in [1.82, 2.24) is 19.8 Å². The highest BCUT2D eigenvalue weighted by molar-refractivity contribution is 7.80. The molecule has 150 valence electrons. The molecule has 3 aromatic rings. The summed E-state index contributed by atoms with van der Waals surface area (Å²) in [7, 11) is 3.70. The number of aryl methyl sites for hydroxylation is 1. The number of thiocarbonyl (C=S) groups is 1. The van der Waals surface area contributed by atoms with E-state index in [0.29, 0.717) is 5.02 Å². The molecule has 0 radical (unpaired) electrons. The number of nitrogens with zero attached hydrogens (tertiary/aromatic N) is 3. The molecule has 0 amide bonds. The van der Waals surface area contributed by atoms with Gasteiger partial charge < -0.3 is 19.5 Å². The van der Waals surface area contributed by atoms with Crippen molar-refractivity contribution >= 4 is 28.9 Å². The maximum Gasteiger partial charge on any atom is 0.169 e. The number of nitrogens with one attached hydrogen (secondary N) is 1. The van der Waals surface area contributed by atoms with Crippen molar-refractivity contribution in [3.8, 4) is 11.4 Å². The summed E-state index contributed by atoms with van der Waals surface area (Å²) in [6.45, 7) is 4.21. The van der Waals surface area contributed by atoms with E-state index in [1.54, 1.807) is 7.11 Å². The minimum Gasteiger partial charge on any atom is -0.495 e. The first-order valence-electron chi connectivity index (χ1n) is 9.39. The maximum atomic E-state index is 6.30. The van der Waals surface area contributed by atoms with Crippen molar-refractivity contribution in [2.24, 2.45) is 0 Å². The summed E-state index contributed by atoms with van der Waals surface area (Å²) >= 11 is 11.9. The highest BCUT2D eigenvalue weighted by atomic mass is 35.5. The number of aromatic nitrogens is 2. The van der Waals surface area contributed by atoms with Gasteiger partial charge in [-0.15, -0.1) is 0 Å². The summed E-state index contributed by atoms with van der Waals surface area (Å²) in [5.41, 5.74) is 5.30. The molecule has 0 saturated carbocycles. The monoisotopic (exact) mass is 426 g/mol. The van der Waals surface area contributed by atoms with Crippen LogP contribution in [0.2, 0.25) is 5.02 Å². The Kier molecular flexibility index (Phi) is 5.23. The molecule has 0 aliphatic carbocycles. The number of hydrogen-bond acceptors (Lipinski definition) is 3. The Morgan fingerprint density at radius 1 is 1.17 bits per heavy atom. The van der Waals surface area contributed by atoms with E-state index in [0.717, 1.165) is 33.6 Å². The highest BCUT2D eigenvalue weighted by Crippen LogP contribution is 2.41. The molecule has 1 aliphatic heterocycles. The van der Waals surface area contributed by atoms with E-state index in [2.05, 4.69) is 39.7 Å². The van der Waals surface area contributed by atoms with Crippen LogP contribution in [0.3, 0.4) is 0 Å². The van der Waals surface area contributed by atoms with E-state index >= 15 is 0 Å². The lowest BCUT2D eigenvalue weighted by atomic mass is 9.97. The Bertz CT molecular complexity index is 1070. The van der Waals surface area contributed by atoms with Crippen LogP contribution in [0, 0.1) is 13.8 Å². The quantitative estimate of drug-likeness (QED) is 0.609. The third-order valence-electron chi connectivity index (χ3n) is 5.51. The Labute approximate surface area is 181 Å². The van der Waals surface area contributed by atoms with Crippen LogP contribution in [0.4, 0.5) is 0 Å². The molecule has 1 N–H and O–H groups in total. The zero-order valence-electron chi connectivity index (χ0n) is 16.8. The smallest absolute Gasteiger partial charge is 0.169 e. The van der Waals surface area contributed by atoms with E-state index in [1.807, 2.05) is 49.6 Å². The van der Waals surface area contributed by atoms with Gasteiger partial charge in [0.1, 0.15) is 5.75 Å². The maximum absolute atomic E-state index is 6.30. The van der Waals surface area contributed by atoms with Gasteiger partial charge >= 0.3 is 0 Å². The molecule has 1 saturated heterocycles. The fraction of sp³-hybridized carbons (Fsp3) is 0.273. The van der Waals surface area contributed by atoms with Gasteiger partial charge in [0.2, 0.25) is 0 Å². The van der Waals surface area contributed by atoms with E-state index in [4.69, 9.17) is 28.6 Å². The summed E-state index contributed by atoms with van der Waals surface area (Å²) in [6, 6.07) is 13.8. The number of halogens is 1. The first kappa shape index (κ1) is 19.7. The van der Waals surface area contributed by atoms with Gasteiger partial charge in [-0.2, -0.15) is 0 Å². The second-order valence-corrected chi connectivity index (χ2v) is 8.04. The zero-order valence-corrected chi connectivity index (χ0v) is 18.4. The minimum absolute atomic E-state index is 0.0242. The predicted molar refractivity (Wildman–Crippen MR) is 120 cm³/mol. The van der Waals surface area contributed by atoms with Gasteiger partial charge in [0.05, 0.1) is 30.6 Å². The SMILES string of the molecule is COc1ccc(Cl)cc1-n1c(C)cc([C@H]2[C@@H](c3ccccn3)NC(=S)N2C)c1C. The lowest BCUT2D eigenvalue weighted by Gasteiger charge is -2.24. The molecular formula is C22H23ClN4OS. The summed E-state index contributed by atoms with van der Waals surface area (Å²) in [6.07, 6.45) is 1.82. The summed E-state index contributed by atoms with van der Waals surface area (Å²) in [4.78, 5) is 6.68. The van der Waals surface area contributed by atoms with E-state index in [-0.39, 0.29) is 12.1 Å². The van der Waals surface area contributed by atoms with Gasteiger partial charge in [0.25, 0.3) is 0 Å². The first-order chi connectivity index (χ1) is 13.9. The molecule has 1 aliphatic rings. The van der Waals surface area contributed by atoms with Gasteiger partial charge in [0.15, 0.2) is 5.11 Å². The Morgan fingerprint density at radius 2 is 1.97 bits per heavy atom. The second kappa shape index (κ2) is 7.69. The first-order valence-corrected chi connectivity index (χ1v) is 10.2. The molecule has 0 bridgehead atoms. The van der Waals surface area contributed by atoms with Crippen molar-refractivity contribution < 1.29 is 4.74 Å². The lowest BCUT2D eigenvalue weighted by Crippen LogP contribution is -2.25. The normalized spacial score (nSPS) is 18.8. The number of ether oxygens (including phenoxy) is 1. The van der Waals surface area contributed by atoms with Crippen molar-refractivity contribution in [3.63, 3.8) is 0 Å². The lowest BCUT2D eigenvalue weighted by molar-refractivity contribution is 0.367. The van der Waals surface area contributed by atoms with Gasteiger partial charge in [-0.05, 0) is 68.0 Å². The van der Waals surface area contributed by atoms with E-state index in [9.17, 15) is 0 Å². The molecule has 2 aromatic heterocycles. The van der Waals surface area contributed by atoms with Gasteiger partial charge in [-0.1, -0.05) is 17.7 Å². The fourth-order valence-corrected chi connectivity index (χ4v) is 4.55. The molecule has 0 spiro atoms. The molecule has 5 nitrogen and oxygen atoms in total. The average Bonchev–Trinajstić information content (AvgIpc) is 3.17. The Hall–Kier alpha value is -2.57. The third-order valence-corrected chi connectivity index (χ3v) is 6.15. The summed E-state index contributed by atoms with van der Waals surface area (Å²) in [5, 5.41) is 4.82. The topological polar surface area (TPSA) is 42.3 Å². The van der Waals surface area contributed by atoms with Crippen LogP contribution in [-0.2, 0) is 0 Å². The van der Waals surface area contributed by atoms with Crippen molar-refractivity contribution in [2.75, 3.05) is 14.2 Å². The summed E-state index contributed by atoms with van der Waals surface area (Å²) in [5.74, 6) is 0.775. The van der Waals surface area contributed by atoms with Crippen molar-refractivity contribution in [2.45, 2.75) is 25.9 Å². The van der Waals surface area contributed by atoms with Crippen LogP contribution in [0.1, 0.15) is 34.7 Å². The number of pyridine rings is 1.